The summed E-state index contributed by atoms with van der Waals surface area (Å²) in [6.07, 6.45) is 1.02. The molecule has 0 aliphatic rings. The van der Waals surface area contributed by atoms with Gasteiger partial charge in [0.05, 0.1) is 6.61 Å². The molecule has 0 bridgehead atoms. The van der Waals surface area contributed by atoms with Gasteiger partial charge < -0.3 is 15.1 Å². The lowest BCUT2D eigenvalue weighted by Gasteiger charge is -2.35. The van der Waals surface area contributed by atoms with E-state index in [0.29, 0.717) is 25.1 Å². The normalized spacial score (nSPS) is 12.3. The zero-order valence-electron chi connectivity index (χ0n) is 15.3. The van der Waals surface area contributed by atoms with Crippen molar-refractivity contribution in [3.8, 4) is 5.75 Å². The van der Waals surface area contributed by atoms with Crippen molar-refractivity contribution in [1.29, 1.82) is 0 Å². The fourth-order valence-corrected chi connectivity index (χ4v) is 2.66. The lowest BCUT2D eigenvalue weighted by molar-refractivity contribution is -0.136. The molecule has 0 saturated carbocycles. The number of amides is 1. The number of benzene rings is 1. The van der Waals surface area contributed by atoms with Gasteiger partial charge in [0.15, 0.2) is 0 Å². The topological polar surface area (TPSA) is 60.8 Å². The van der Waals surface area contributed by atoms with Gasteiger partial charge in [0.1, 0.15) is 5.75 Å². The fourth-order valence-electron chi connectivity index (χ4n) is 2.66. The van der Waals surface area contributed by atoms with Gasteiger partial charge in [-0.2, -0.15) is 0 Å². The minimum absolute atomic E-state index is 0.0314. The number of aliphatic hydroxyl groups excluding tert-OH is 1. The first-order valence-corrected chi connectivity index (χ1v) is 8.20. The Morgan fingerprint density at radius 3 is 2.22 bits per heavy atom. The third-order valence-corrected chi connectivity index (χ3v) is 3.93. The Balaban J connectivity index is 2.84. The van der Waals surface area contributed by atoms with Crippen molar-refractivity contribution < 1.29 is 15.0 Å². The summed E-state index contributed by atoms with van der Waals surface area (Å²) in [5, 5.41) is 19.2. The van der Waals surface area contributed by atoms with Crippen LogP contribution in [0.1, 0.15) is 59.1 Å². The van der Waals surface area contributed by atoms with Gasteiger partial charge in [-0.05, 0) is 49.8 Å². The first-order valence-electron chi connectivity index (χ1n) is 8.20. The first-order chi connectivity index (χ1) is 10.5. The van der Waals surface area contributed by atoms with Crippen molar-refractivity contribution >= 4 is 5.91 Å². The number of carbonyl (C=O) groups is 1. The Hall–Kier alpha value is -1.55. The molecule has 0 heterocycles. The van der Waals surface area contributed by atoms with E-state index in [0.717, 1.165) is 11.1 Å². The molecular weight excluding hydrogens is 290 g/mol. The number of aliphatic hydroxyl groups is 1. The molecule has 1 aromatic carbocycles. The molecule has 0 spiro atoms. The van der Waals surface area contributed by atoms with Crippen molar-refractivity contribution in [2.24, 2.45) is 0 Å². The molecule has 0 aromatic heterocycles. The number of nitrogens with zero attached hydrogens (tertiary/aromatic N) is 1. The van der Waals surface area contributed by atoms with Gasteiger partial charge in [-0.25, -0.2) is 0 Å². The van der Waals surface area contributed by atoms with E-state index in [9.17, 15) is 9.90 Å². The summed E-state index contributed by atoms with van der Waals surface area (Å²) in [5.41, 5.74) is 1.49. The van der Waals surface area contributed by atoms with Crippen LogP contribution >= 0.6 is 0 Å². The second-order valence-corrected chi connectivity index (χ2v) is 8.04. The highest BCUT2D eigenvalue weighted by atomic mass is 16.3. The highest BCUT2D eigenvalue weighted by Crippen LogP contribution is 2.31. The average molecular weight is 321 g/mol. The van der Waals surface area contributed by atoms with Gasteiger partial charge in [-0.3, -0.25) is 4.79 Å². The van der Waals surface area contributed by atoms with E-state index >= 15 is 0 Å². The van der Waals surface area contributed by atoms with E-state index in [1.807, 2.05) is 32.9 Å². The Morgan fingerprint density at radius 1 is 1.13 bits per heavy atom. The molecule has 0 saturated heterocycles. The molecule has 130 valence electrons. The Bertz CT molecular complexity index is 539. The van der Waals surface area contributed by atoms with Crippen molar-refractivity contribution in [2.45, 2.75) is 65.3 Å². The van der Waals surface area contributed by atoms with Gasteiger partial charge in [0.25, 0.3) is 0 Å². The fraction of sp³-hybridized carbons (Fsp3) is 0.632. The van der Waals surface area contributed by atoms with Gasteiger partial charge in [0.2, 0.25) is 5.91 Å². The third-order valence-electron chi connectivity index (χ3n) is 3.93. The lowest BCUT2D eigenvalue weighted by Crippen LogP contribution is -2.47. The SMILES string of the molecule is CC(C)(C)c1cc(CCC(=O)N(CCO)C(C)(C)C)ccc1O. The lowest BCUT2D eigenvalue weighted by atomic mass is 9.85. The van der Waals surface area contributed by atoms with E-state index in [2.05, 4.69) is 20.8 Å². The molecule has 4 heteroatoms. The average Bonchev–Trinajstić information content (AvgIpc) is 2.41. The number of aryl methyl sites for hydroxylation is 1. The van der Waals surface area contributed by atoms with Crippen LogP contribution < -0.4 is 0 Å². The predicted molar refractivity (Wildman–Crippen MR) is 93.7 cm³/mol. The molecule has 1 amide bonds. The van der Waals surface area contributed by atoms with Crippen LogP contribution in [0.15, 0.2) is 18.2 Å². The summed E-state index contributed by atoms with van der Waals surface area (Å²) in [6.45, 7) is 12.4. The van der Waals surface area contributed by atoms with Crippen molar-refractivity contribution in [3.05, 3.63) is 29.3 Å². The van der Waals surface area contributed by atoms with Crippen LogP contribution in [0.2, 0.25) is 0 Å². The van der Waals surface area contributed by atoms with Crippen LogP contribution in [-0.2, 0) is 16.6 Å². The number of hydrogen-bond acceptors (Lipinski definition) is 3. The summed E-state index contributed by atoms with van der Waals surface area (Å²) < 4.78 is 0. The molecule has 0 unspecified atom stereocenters. The molecule has 23 heavy (non-hydrogen) atoms. The molecule has 2 N–H and O–H groups in total. The van der Waals surface area contributed by atoms with E-state index in [-0.39, 0.29) is 23.5 Å². The third kappa shape index (κ3) is 5.54. The number of β-amino-alcohol motifs (C(OH)–C–C–N with tert-alkyl or cyclic N) is 1. The Labute approximate surface area is 140 Å². The predicted octanol–water partition coefficient (Wildman–Crippen LogP) is 3.24. The minimum Gasteiger partial charge on any atom is -0.508 e. The molecule has 0 aliphatic carbocycles. The molecular formula is C19H31NO3. The van der Waals surface area contributed by atoms with Gasteiger partial charge in [0, 0.05) is 18.5 Å². The number of carbonyl (C=O) groups excluding carboxylic acids is 1. The molecule has 0 aliphatic heterocycles. The van der Waals surface area contributed by atoms with Crippen LogP contribution in [0.25, 0.3) is 0 Å². The van der Waals surface area contributed by atoms with Gasteiger partial charge in [-0.15, -0.1) is 0 Å². The van der Waals surface area contributed by atoms with Crippen LogP contribution in [0.5, 0.6) is 5.75 Å². The molecule has 0 radical (unpaired) electrons. The quantitative estimate of drug-likeness (QED) is 0.875. The van der Waals surface area contributed by atoms with Crippen LogP contribution in [0, 0.1) is 0 Å². The van der Waals surface area contributed by atoms with Crippen LogP contribution in [0.4, 0.5) is 0 Å². The molecule has 4 nitrogen and oxygen atoms in total. The van der Waals surface area contributed by atoms with Crippen molar-refractivity contribution in [1.82, 2.24) is 4.90 Å². The maximum atomic E-state index is 12.5. The van der Waals surface area contributed by atoms with Crippen LogP contribution in [-0.4, -0.2) is 39.7 Å². The van der Waals surface area contributed by atoms with E-state index in [4.69, 9.17) is 5.11 Å². The largest absolute Gasteiger partial charge is 0.508 e. The minimum atomic E-state index is -0.300. The van der Waals surface area contributed by atoms with E-state index < -0.39 is 0 Å². The summed E-state index contributed by atoms with van der Waals surface area (Å²) in [4.78, 5) is 14.2. The Kier molecular flexibility index (Phi) is 6.23. The zero-order chi connectivity index (χ0) is 17.8. The summed E-state index contributed by atoms with van der Waals surface area (Å²) in [5.74, 6) is 0.334. The van der Waals surface area contributed by atoms with E-state index in [1.54, 1.807) is 11.0 Å². The smallest absolute Gasteiger partial charge is 0.223 e. The van der Waals surface area contributed by atoms with E-state index in [1.165, 1.54) is 0 Å². The highest BCUT2D eigenvalue weighted by Gasteiger charge is 2.25. The van der Waals surface area contributed by atoms with Gasteiger partial charge >= 0.3 is 0 Å². The highest BCUT2D eigenvalue weighted by molar-refractivity contribution is 5.77. The summed E-state index contributed by atoms with van der Waals surface area (Å²) in [6, 6.07) is 5.55. The number of rotatable bonds is 5. The summed E-state index contributed by atoms with van der Waals surface area (Å²) in [7, 11) is 0. The second-order valence-electron chi connectivity index (χ2n) is 8.04. The maximum Gasteiger partial charge on any atom is 0.223 e. The molecule has 1 rings (SSSR count). The van der Waals surface area contributed by atoms with Crippen molar-refractivity contribution in [3.63, 3.8) is 0 Å². The number of phenolic OH excluding ortho intramolecular Hbond substituents is 1. The zero-order valence-corrected chi connectivity index (χ0v) is 15.3. The number of phenols is 1. The number of aromatic hydroxyl groups is 1. The Morgan fingerprint density at radius 2 is 1.74 bits per heavy atom. The van der Waals surface area contributed by atoms with Crippen LogP contribution in [0.3, 0.4) is 0 Å². The van der Waals surface area contributed by atoms with Crippen molar-refractivity contribution in [2.75, 3.05) is 13.2 Å². The molecule has 1 aromatic rings. The summed E-state index contributed by atoms with van der Waals surface area (Å²) >= 11 is 0. The second kappa shape index (κ2) is 7.35. The molecule has 0 atom stereocenters. The standard InChI is InChI=1S/C19H31NO3/c1-18(2,3)15-13-14(7-9-16(15)22)8-10-17(23)20(11-12-21)19(4,5)6/h7,9,13,21-22H,8,10-12H2,1-6H3. The maximum absolute atomic E-state index is 12.5. The molecule has 0 fully saturated rings. The van der Waals surface area contributed by atoms with Gasteiger partial charge in [-0.1, -0.05) is 32.9 Å². The monoisotopic (exact) mass is 321 g/mol. The first kappa shape index (κ1) is 19.5. The number of hydrogen-bond donors (Lipinski definition) is 2.